The quantitative estimate of drug-likeness (QED) is 0.416. The number of nitrogens with one attached hydrogen (secondary N) is 1. The van der Waals surface area contributed by atoms with E-state index in [0.717, 1.165) is 44.9 Å². The highest BCUT2D eigenvalue weighted by Gasteiger charge is 2.28. The fourth-order valence-corrected chi connectivity index (χ4v) is 6.17. The van der Waals surface area contributed by atoms with Crippen molar-refractivity contribution in [1.29, 1.82) is 5.41 Å². The van der Waals surface area contributed by atoms with E-state index in [2.05, 4.69) is 24.3 Å². The van der Waals surface area contributed by atoms with Crippen LogP contribution in [0.3, 0.4) is 0 Å². The zero-order valence-corrected chi connectivity index (χ0v) is 21.1. The summed E-state index contributed by atoms with van der Waals surface area (Å²) in [5, 5.41) is 9.56. The minimum atomic E-state index is -0.194. The van der Waals surface area contributed by atoms with E-state index in [1.54, 1.807) is 12.3 Å². The summed E-state index contributed by atoms with van der Waals surface area (Å²) in [7, 11) is 0. The summed E-state index contributed by atoms with van der Waals surface area (Å²) in [4.78, 5) is 34.0. The van der Waals surface area contributed by atoms with E-state index in [-0.39, 0.29) is 23.0 Å². The molecule has 37 heavy (non-hydrogen) atoms. The number of nitrogens with zero attached hydrogens (tertiary/aromatic N) is 4. The van der Waals surface area contributed by atoms with Gasteiger partial charge in [-0.25, -0.2) is 4.98 Å². The van der Waals surface area contributed by atoms with Crippen LogP contribution in [0.4, 0.5) is 0 Å². The molecule has 190 valence electrons. The van der Waals surface area contributed by atoms with Crippen molar-refractivity contribution in [3.05, 3.63) is 87.8 Å². The average Bonchev–Trinajstić information content (AvgIpc) is 2.94. The monoisotopic (exact) mass is 495 g/mol. The van der Waals surface area contributed by atoms with Gasteiger partial charge in [0.1, 0.15) is 16.8 Å². The summed E-state index contributed by atoms with van der Waals surface area (Å²) in [5.41, 5.74) is 2.72. The number of pyridine rings is 2. The smallest absolute Gasteiger partial charge is 0.267 e. The predicted octanol–water partition coefficient (Wildman–Crippen LogP) is 4.73. The minimum Gasteiger partial charge on any atom is -0.339 e. The molecule has 0 atom stereocenters. The third kappa shape index (κ3) is 4.47. The second-order valence-corrected chi connectivity index (χ2v) is 10.6. The van der Waals surface area contributed by atoms with Gasteiger partial charge < -0.3 is 9.47 Å². The maximum atomic E-state index is 13.8. The molecule has 1 saturated carbocycles. The van der Waals surface area contributed by atoms with Crippen LogP contribution in [0.5, 0.6) is 0 Å². The Morgan fingerprint density at radius 2 is 1.68 bits per heavy atom. The summed E-state index contributed by atoms with van der Waals surface area (Å²) in [5.74, 6) is 0.401. The molecule has 1 aliphatic heterocycles. The summed E-state index contributed by atoms with van der Waals surface area (Å²) in [6.45, 7) is 1.35. The molecule has 1 saturated heterocycles. The largest absolute Gasteiger partial charge is 0.339 e. The van der Waals surface area contributed by atoms with Crippen molar-refractivity contribution in [1.82, 2.24) is 18.9 Å². The van der Waals surface area contributed by atoms with Gasteiger partial charge in [0.25, 0.3) is 11.5 Å². The Morgan fingerprint density at radius 3 is 2.43 bits per heavy atom. The fraction of sp³-hybridized carbons (Fsp3) is 0.400. The van der Waals surface area contributed by atoms with E-state index in [1.807, 2.05) is 33.7 Å². The number of hydrogen-bond acceptors (Lipinski definition) is 4. The van der Waals surface area contributed by atoms with E-state index in [0.29, 0.717) is 41.3 Å². The standard InChI is InChI=1S/C30H33N5O2/c31-27-24(29(36)33-17-14-22(15-18-33)19-21-9-3-1-4-10-21)20-25-28(35(27)23-11-5-2-6-12-23)32-26-13-7-8-16-34(26)30(25)37/h1,3-4,7-10,13,16,20,22-23,31H,2,5-6,11-12,14-15,17-19H2. The lowest BCUT2D eigenvalue weighted by Gasteiger charge is -2.33. The molecule has 1 aliphatic carbocycles. The predicted molar refractivity (Wildman–Crippen MR) is 144 cm³/mol. The molecule has 0 radical (unpaired) electrons. The molecule has 2 aliphatic rings. The number of likely N-dealkylation sites (tertiary alicyclic amines) is 1. The normalized spacial score (nSPS) is 17.5. The number of aromatic nitrogens is 3. The number of rotatable bonds is 4. The Hall–Kier alpha value is -3.74. The van der Waals surface area contributed by atoms with Crippen molar-refractivity contribution in [2.24, 2.45) is 5.92 Å². The Bertz CT molecular complexity index is 1560. The molecule has 1 N–H and O–H groups in total. The van der Waals surface area contributed by atoms with Gasteiger partial charge in [-0.1, -0.05) is 55.7 Å². The summed E-state index contributed by atoms with van der Waals surface area (Å²) in [6, 6.07) is 17.7. The zero-order valence-electron chi connectivity index (χ0n) is 21.1. The molecule has 4 aromatic rings. The number of piperidine rings is 1. The average molecular weight is 496 g/mol. The first-order chi connectivity index (χ1) is 18.1. The van der Waals surface area contributed by atoms with Crippen LogP contribution in [-0.4, -0.2) is 37.8 Å². The number of amides is 1. The number of benzene rings is 1. The van der Waals surface area contributed by atoms with Crippen molar-refractivity contribution in [2.75, 3.05) is 13.1 Å². The Kier molecular flexibility index (Phi) is 6.37. The number of fused-ring (bicyclic) bond motifs is 2. The van der Waals surface area contributed by atoms with Crippen molar-refractivity contribution in [3.8, 4) is 0 Å². The second kappa shape index (κ2) is 9.96. The molecule has 0 spiro atoms. The third-order valence-corrected chi connectivity index (χ3v) is 8.20. The maximum Gasteiger partial charge on any atom is 0.267 e. The van der Waals surface area contributed by atoms with Crippen molar-refractivity contribution in [2.45, 2.75) is 57.4 Å². The molecular formula is C30H33N5O2. The highest BCUT2D eigenvalue weighted by atomic mass is 16.2. The molecule has 0 unspecified atom stereocenters. The molecule has 0 bridgehead atoms. The highest BCUT2D eigenvalue weighted by Crippen LogP contribution is 2.29. The Balaban J connectivity index is 1.37. The third-order valence-electron chi connectivity index (χ3n) is 8.20. The molecule has 1 amide bonds. The van der Waals surface area contributed by atoms with Crippen molar-refractivity contribution >= 4 is 22.6 Å². The fourth-order valence-electron chi connectivity index (χ4n) is 6.17. The molecule has 4 heterocycles. The van der Waals surface area contributed by atoms with E-state index in [1.165, 1.54) is 16.4 Å². The van der Waals surface area contributed by atoms with Crippen LogP contribution in [0.25, 0.3) is 16.7 Å². The maximum absolute atomic E-state index is 13.8. The lowest BCUT2D eigenvalue weighted by atomic mass is 9.90. The van der Waals surface area contributed by atoms with Gasteiger partial charge in [-0.2, -0.15) is 0 Å². The first kappa shape index (κ1) is 23.6. The topological polar surface area (TPSA) is 83.5 Å². The van der Waals surface area contributed by atoms with E-state index >= 15 is 0 Å². The highest BCUT2D eigenvalue weighted by molar-refractivity contribution is 5.97. The summed E-state index contributed by atoms with van der Waals surface area (Å²) in [6.07, 6.45) is 9.84. The van der Waals surface area contributed by atoms with Crippen molar-refractivity contribution in [3.63, 3.8) is 0 Å². The van der Waals surface area contributed by atoms with Gasteiger partial charge in [0.15, 0.2) is 0 Å². The Labute approximate surface area is 215 Å². The van der Waals surface area contributed by atoms with Crippen molar-refractivity contribution < 1.29 is 4.79 Å². The van der Waals surface area contributed by atoms with Crippen LogP contribution in [0, 0.1) is 11.3 Å². The van der Waals surface area contributed by atoms with Gasteiger partial charge in [-0.15, -0.1) is 0 Å². The van der Waals surface area contributed by atoms with Crippen LogP contribution < -0.4 is 11.0 Å². The number of carbonyl (C=O) groups excluding carboxylic acids is 1. The van der Waals surface area contributed by atoms with Gasteiger partial charge in [0.2, 0.25) is 0 Å². The van der Waals surface area contributed by atoms with Gasteiger partial charge in [-0.3, -0.25) is 19.4 Å². The number of carbonyl (C=O) groups is 1. The summed E-state index contributed by atoms with van der Waals surface area (Å²) >= 11 is 0. The Morgan fingerprint density at radius 1 is 0.946 bits per heavy atom. The minimum absolute atomic E-state index is 0.0752. The molecule has 7 nitrogen and oxygen atoms in total. The van der Waals surface area contributed by atoms with Gasteiger partial charge in [-0.05, 0) is 61.8 Å². The van der Waals surface area contributed by atoms with Crippen LogP contribution >= 0.6 is 0 Å². The first-order valence-electron chi connectivity index (χ1n) is 13.5. The van der Waals surface area contributed by atoms with Gasteiger partial charge in [0, 0.05) is 25.3 Å². The van der Waals surface area contributed by atoms with Gasteiger partial charge in [0.05, 0.1) is 10.9 Å². The van der Waals surface area contributed by atoms with Crippen LogP contribution in [-0.2, 0) is 6.42 Å². The molecule has 7 heteroatoms. The lowest BCUT2D eigenvalue weighted by molar-refractivity contribution is 0.0687. The number of hydrogen-bond donors (Lipinski definition) is 1. The molecular weight excluding hydrogens is 462 g/mol. The molecule has 6 rings (SSSR count). The molecule has 1 aromatic carbocycles. The van der Waals surface area contributed by atoms with E-state index in [4.69, 9.17) is 10.4 Å². The second-order valence-electron chi connectivity index (χ2n) is 10.6. The SMILES string of the molecule is N=c1c(C(=O)N2CCC(Cc3ccccc3)CC2)cc2c(=O)n3ccccc3nc2n1C1CCCCC1. The van der Waals surface area contributed by atoms with Crippen LogP contribution in [0.2, 0.25) is 0 Å². The van der Waals surface area contributed by atoms with Crippen LogP contribution in [0.1, 0.15) is 66.9 Å². The summed E-state index contributed by atoms with van der Waals surface area (Å²) < 4.78 is 3.42. The van der Waals surface area contributed by atoms with Crippen LogP contribution in [0.15, 0.2) is 65.6 Å². The molecule has 3 aromatic heterocycles. The molecule has 2 fully saturated rings. The van der Waals surface area contributed by atoms with Gasteiger partial charge >= 0.3 is 0 Å². The zero-order chi connectivity index (χ0) is 25.4. The lowest BCUT2D eigenvalue weighted by Crippen LogP contribution is -2.42. The van der Waals surface area contributed by atoms with E-state index < -0.39 is 0 Å². The first-order valence-corrected chi connectivity index (χ1v) is 13.5. The van der Waals surface area contributed by atoms with E-state index in [9.17, 15) is 9.59 Å².